The van der Waals surface area contributed by atoms with Crippen LogP contribution >= 0.6 is 0 Å². The highest BCUT2D eigenvalue weighted by Gasteiger charge is 2.47. The van der Waals surface area contributed by atoms with Gasteiger partial charge in [-0.25, -0.2) is 0 Å². The molecule has 0 fully saturated rings. The van der Waals surface area contributed by atoms with Crippen LogP contribution in [0.3, 0.4) is 0 Å². The van der Waals surface area contributed by atoms with Crippen LogP contribution in [0.25, 0.3) is 5.57 Å². The van der Waals surface area contributed by atoms with Gasteiger partial charge in [0, 0.05) is 24.1 Å². The van der Waals surface area contributed by atoms with Gasteiger partial charge in [-0.05, 0) is 77.3 Å². The zero-order valence-corrected chi connectivity index (χ0v) is 27.6. The minimum atomic E-state index is -0.454. The molecule has 4 heteroatoms. The summed E-state index contributed by atoms with van der Waals surface area (Å²) in [5.74, 6) is 2.85. The van der Waals surface area contributed by atoms with E-state index in [-0.39, 0.29) is 22.8 Å². The van der Waals surface area contributed by atoms with Gasteiger partial charge in [0.05, 0.1) is 17.4 Å². The Morgan fingerprint density at radius 3 is 2.42 bits per heavy atom. The van der Waals surface area contributed by atoms with E-state index >= 15 is 0 Å². The molecule has 0 bridgehead atoms. The Morgan fingerprint density at radius 2 is 1.64 bits per heavy atom. The van der Waals surface area contributed by atoms with Crippen LogP contribution in [-0.2, 0) is 0 Å². The van der Waals surface area contributed by atoms with Crippen molar-refractivity contribution in [2.45, 2.75) is 84.9 Å². The molecule has 3 aromatic rings. The van der Waals surface area contributed by atoms with Crippen LogP contribution in [-0.4, -0.2) is 17.7 Å². The molecule has 0 N–H and O–H groups in total. The number of hydrogen-bond acceptors (Lipinski definition) is 4. The van der Waals surface area contributed by atoms with E-state index in [4.69, 9.17) is 9.47 Å². The molecule has 2 aliphatic carbocycles. The molecule has 0 spiro atoms. The molecule has 3 aromatic carbocycles. The topological polar surface area (TPSA) is 24.9 Å². The number of anilines is 3. The number of nitrogens with zero attached hydrogens (tertiary/aromatic N) is 2. The summed E-state index contributed by atoms with van der Waals surface area (Å²) in [4.78, 5) is 5.09. The maximum Gasteiger partial charge on any atom is 0.156 e. The number of benzene rings is 3. The van der Waals surface area contributed by atoms with Crippen LogP contribution in [0.1, 0.15) is 78.4 Å². The van der Waals surface area contributed by atoms with E-state index < -0.39 is 5.60 Å². The minimum Gasteiger partial charge on any atom is -0.479 e. The van der Waals surface area contributed by atoms with Crippen molar-refractivity contribution >= 4 is 22.6 Å². The molecule has 45 heavy (non-hydrogen) atoms. The second-order valence-electron chi connectivity index (χ2n) is 15.9. The van der Waals surface area contributed by atoms with Crippen LogP contribution in [0.5, 0.6) is 17.2 Å². The monoisotopic (exact) mass is 596 g/mol. The van der Waals surface area contributed by atoms with Crippen LogP contribution in [0, 0.1) is 10.8 Å². The van der Waals surface area contributed by atoms with E-state index in [0.717, 1.165) is 52.7 Å². The van der Waals surface area contributed by atoms with Crippen molar-refractivity contribution in [3.63, 3.8) is 0 Å². The molecule has 4 unspecified atom stereocenters. The van der Waals surface area contributed by atoms with Crippen molar-refractivity contribution in [1.29, 1.82) is 0 Å². The molecule has 0 saturated heterocycles. The molecule has 230 valence electrons. The van der Waals surface area contributed by atoms with Crippen molar-refractivity contribution in [1.82, 2.24) is 0 Å². The zero-order chi connectivity index (χ0) is 31.3. The van der Waals surface area contributed by atoms with Gasteiger partial charge in [0.25, 0.3) is 0 Å². The van der Waals surface area contributed by atoms with Crippen molar-refractivity contribution in [3.8, 4) is 17.2 Å². The summed E-state index contributed by atoms with van der Waals surface area (Å²) in [7, 11) is 0. The largest absolute Gasteiger partial charge is 0.479 e. The highest BCUT2D eigenvalue weighted by molar-refractivity contribution is 5.91. The Labute approximate surface area is 268 Å². The second kappa shape index (κ2) is 9.66. The van der Waals surface area contributed by atoms with Crippen LogP contribution in [0.15, 0.2) is 103 Å². The second-order valence-corrected chi connectivity index (χ2v) is 15.9. The fourth-order valence-corrected chi connectivity index (χ4v) is 8.07. The van der Waals surface area contributed by atoms with Gasteiger partial charge in [0.15, 0.2) is 11.5 Å². The van der Waals surface area contributed by atoms with Gasteiger partial charge in [-0.2, -0.15) is 0 Å². The molecule has 0 aromatic heterocycles. The average molecular weight is 597 g/mol. The summed E-state index contributed by atoms with van der Waals surface area (Å²) in [5.41, 5.74) is 8.21. The Bertz CT molecular complexity index is 1830. The molecule has 0 saturated carbocycles. The molecule has 4 nitrogen and oxygen atoms in total. The zero-order valence-electron chi connectivity index (χ0n) is 27.6. The lowest BCUT2D eigenvalue weighted by atomic mass is 9.75. The van der Waals surface area contributed by atoms with E-state index in [1.54, 1.807) is 0 Å². The van der Waals surface area contributed by atoms with Crippen LogP contribution in [0.4, 0.5) is 17.1 Å². The Hall–Kier alpha value is -4.18. The lowest BCUT2D eigenvalue weighted by molar-refractivity contribution is 0.119. The summed E-state index contributed by atoms with van der Waals surface area (Å²) in [6.07, 6.45) is 15.7. The number of ether oxygens (including phenoxy) is 2. The standard InChI is InChI=1S/C41H44N2O2/c1-39(2,3)25-37(40(4,5)6)42-30-15-9-8-14-28(30)29-22-26(19-20-31(29)42)27-23-34-38-35(24-27)45-41(7)21-13-12-18-36(41)43(38)32-16-10-11-17-33(32)44-34/h8-20,22-24,29,31,37H,21,25H2,1-7H3. The Morgan fingerprint density at radius 1 is 0.911 bits per heavy atom. The number of hydrogen-bond donors (Lipinski definition) is 0. The first-order valence-electron chi connectivity index (χ1n) is 16.5. The molecular formula is C41H44N2O2. The third-order valence-electron chi connectivity index (χ3n) is 10.2. The fraction of sp³-hybridized carbons (Fsp3) is 0.366. The number of para-hydroxylation sites is 3. The summed E-state index contributed by atoms with van der Waals surface area (Å²) in [6.45, 7) is 16.5. The van der Waals surface area contributed by atoms with Crippen LogP contribution in [0.2, 0.25) is 0 Å². The quantitative estimate of drug-likeness (QED) is 0.300. The van der Waals surface area contributed by atoms with Gasteiger partial charge in [-0.3, -0.25) is 0 Å². The maximum atomic E-state index is 6.89. The molecule has 3 heterocycles. The van der Waals surface area contributed by atoms with E-state index in [1.165, 1.54) is 16.8 Å². The van der Waals surface area contributed by atoms with E-state index in [0.29, 0.717) is 6.04 Å². The normalized spacial score (nSPS) is 24.7. The lowest BCUT2D eigenvalue weighted by Crippen LogP contribution is -2.50. The predicted octanol–water partition coefficient (Wildman–Crippen LogP) is 10.7. The highest BCUT2D eigenvalue weighted by atomic mass is 16.5. The lowest BCUT2D eigenvalue weighted by Gasteiger charge is -2.48. The molecule has 0 amide bonds. The summed E-state index contributed by atoms with van der Waals surface area (Å²) < 4.78 is 13.5. The average Bonchev–Trinajstić information content (AvgIpc) is 3.31. The van der Waals surface area contributed by atoms with Gasteiger partial charge in [-0.15, -0.1) is 0 Å². The molecule has 0 radical (unpaired) electrons. The van der Waals surface area contributed by atoms with Crippen molar-refractivity contribution in [3.05, 3.63) is 114 Å². The van der Waals surface area contributed by atoms with Crippen LogP contribution < -0.4 is 19.3 Å². The van der Waals surface area contributed by atoms with Gasteiger partial charge in [0.1, 0.15) is 17.0 Å². The number of allylic oxidation sites excluding steroid dienone is 4. The van der Waals surface area contributed by atoms with E-state index in [2.05, 4.69) is 149 Å². The number of fused-ring (bicyclic) bond motifs is 7. The minimum absolute atomic E-state index is 0.128. The molecule has 3 aliphatic heterocycles. The van der Waals surface area contributed by atoms with Gasteiger partial charge < -0.3 is 19.3 Å². The molecule has 5 aliphatic rings. The first-order valence-corrected chi connectivity index (χ1v) is 16.5. The first-order chi connectivity index (χ1) is 21.4. The predicted molar refractivity (Wildman–Crippen MR) is 186 cm³/mol. The van der Waals surface area contributed by atoms with Crippen molar-refractivity contribution < 1.29 is 9.47 Å². The SMILES string of the molecule is CC(C)(C)CC(N1c2ccccc2C2C=C(c3cc4c5c(c3)OC3(C)CC=CC=C3N5c3ccccc3O4)C=CC21)C(C)(C)C. The van der Waals surface area contributed by atoms with Crippen molar-refractivity contribution in [2.75, 3.05) is 9.80 Å². The number of rotatable bonds is 3. The van der Waals surface area contributed by atoms with E-state index in [9.17, 15) is 0 Å². The van der Waals surface area contributed by atoms with Gasteiger partial charge in [-0.1, -0.05) is 102 Å². The Kier molecular flexibility index (Phi) is 6.08. The summed E-state index contributed by atoms with van der Waals surface area (Å²) in [5, 5.41) is 0. The first kappa shape index (κ1) is 28.3. The fourth-order valence-electron chi connectivity index (χ4n) is 8.07. The summed E-state index contributed by atoms with van der Waals surface area (Å²) in [6, 6.07) is 22.5. The third-order valence-corrected chi connectivity index (χ3v) is 10.2. The third kappa shape index (κ3) is 4.47. The smallest absolute Gasteiger partial charge is 0.156 e. The summed E-state index contributed by atoms with van der Waals surface area (Å²) >= 11 is 0. The van der Waals surface area contributed by atoms with Gasteiger partial charge in [0.2, 0.25) is 0 Å². The highest BCUT2D eigenvalue weighted by Crippen LogP contribution is 2.59. The van der Waals surface area contributed by atoms with Crippen molar-refractivity contribution in [2.24, 2.45) is 10.8 Å². The molecular weight excluding hydrogens is 552 g/mol. The van der Waals surface area contributed by atoms with E-state index in [1.807, 2.05) is 6.07 Å². The molecule has 4 atom stereocenters. The molecule has 8 rings (SSSR count). The maximum absolute atomic E-state index is 6.89. The van der Waals surface area contributed by atoms with Gasteiger partial charge >= 0.3 is 0 Å². The Balaban J connectivity index is 1.23.